The summed E-state index contributed by atoms with van der Waals surface area (Å²) in [6.45, 7) is 2.42. The molecule has 4 rings (SSSR count). The van der Waals surface area contributed by atoms with Gasteiger partial charge in [-0.3, -0.25) is 4.90 Å². The number of ether oxygens (including phenoxy) is 2. The highest BCUT2D eigenvalue weighted by atomic mass is 19.1. The summed E-state index contributed by atoms with van der Waals surface area (Å²) in [7, 11) is 0. The zero-order chi connectivity index (χ0) is 19.9. The monoisotopic (exact) mass is 397 g/mol. The first-order valence-corrected chi connectivity index (χ1v) is 9.14. The zero-order valence-corrected chi connectivity index (χ0v) is 15.1. The summed E-state index contributed by atoms with van der Waals surface area (Å²) in [5.74, 6) is -1.48. The Morgan fingerprint density at radius 3 is 2.43 bits per heavy atom. The largest absolute Gasteiger partial charge is 0.465 e. The van der Waals surface area contributed by atoms with Crippen LogP contribution in [0.3, 0.4) is 0 Å². The van der Waals surface area contributed by atoms with E-state index in [2.05, 4.69) is 5.32 Å². The first-order valence-electron chi connectivity index (χ1n) is 9.14. The van der Waals surface area contributed by atoms with Gasteiger partial charge < -0.3 is 24.8 Å². The number of anilines is 2. The number of piperidine rings is 1. The smallest absolute Gasteiger partial charge is 0.414 e. The van der Waals surface area contributed by atoms with Gasteiger partial charge in [0.05, 0.1) is 32.0 Å². The predicted molar refractivity (Wildman–Crippen MR) is 94.7 cm³/mol. The number of nitrogens with one attached hydrogen (secondary N) is 1. The molecule has 3 aliphatic rings. The Hall–Kier alpha value is -2.62. The van der Waals surface area contributed by atoms with Gasteiger partial charge in [-0.15, -0.1) is 0 Å². The Morgan fingerprint density at radius 1 is 1.25 bits per heavy atom. The molecule has 152 valence electrons. The van der Waals surface area contributed by atoms with Crippen molar-refractivity contribution in [3.8, 4) is 0 Å². The van der Waals surface area contributed by atoms with Crippen LogP contribution in [-0.4, -0.2) is 62.8 Å². The highest BCUT2D eigenvalue weighted by Gasteiger charge is 2.42. The molecular formula is C18H21F2N3O5. The summed E-state index contributed by atoms with van der Waals surface area (Å²) >= 11 is 0. The fourth-order valence-corrected chi connectivity index (χ4v) is 3.93. The maximum Gasteiger partial charge on any atom is 0.414 e. The van der Waals surface area contributed by atoms with Gasteiger partial charge in [0.15, 0.2) is 11.6 Å². The molecule has 0 saturated carbocycles. The van der Waals surface area contributed by atoms with Crippen LogP contribution in [0, 0.1) is 17.0 Å². The molecule has 2 N–H and O–H groups in total. The average molecular weight is 397 g/mol. The van der Waals surface area contributed by atoms with Gasteiger partial charge in [0.25, 0.3) is 0 Å². The van der Waals surface area contributed by atoms with Crippen molar-refractivity contribution in [2.45, 2.75) is 18.9 Å². The van der Waals surface area contributed by atoms with Crippen molar-refractivity contribution >= 4 is 23.6 Å². The third kappa shape index (κ3) is 3.44. The number of benzene rings is 1. The summed E-state index contributed by atoms with van der Waals surface area (Å²) < 4.78 is 39.8. The third-order valence-electron chi connectivity index (χ3n) is 5.63. The second-order valence-corrected chi connectivity index (χ2v) is 7.54. The lowest BCUT2D eigenvalue weighted by atomic mass is 9.77. The van der Waals surface area contributed by atoms with Gasteiger partial charge >= 0.3 is 12.2 Å². The van der Waals surface area contributed by atoms with Gasteiger partial charge in [0, 0.05) is 30.6 Å². The summed E-state index contributed by atoms with van der Waals surface area (Å²) in [6.07, 6.45) is -1.09. The van der Waals surface area contributed by atoms with Gasteiger partial charge in [0.1, 0.15) is 11.8 Å². The highest BCUT2D eigenvalue weighted by Crippen LogP contribution is 2.41. The van der Waals surface area contributed by atoms with Crippen LogP contribution >= 0.6 is 0 Å². The normalized spacial score (nSPS) is 23.5. The van der Waals surface area contributed by atoms with Gasteiger partial charge in [-0.25, -0.2) is 18.4 Å². The molecule has 0 aliphatic carbocycles. The number of halogens is 2. The molecule has 3 heterocycles. The molecule has 28 heavy (non-hydrogen) atoms. The van der Waals surface area contributed by atoms with Crippen LogP contribution < -0.4 is 15.1 Å². The molecule has 1 spiro atoms. The van der Waals surface area contributed by atoms with Crippen LogP contribution in [0.1, 0.15) is 12.8 Å². The zero-order valence-electron chi connectivity index (χ0n) is 15.1. The predicted octanol–water partition coefficient (Wildman–Crippen LogP) is 2.17. The Kier molecular flexibility index (Phi) is 4.74. The molecule has 10 heteroatoms. The van der Waals surface area contributed by atoms with Gasteiger partial charge in [-0.2, -0.15) is 0 Å². The van der Waals surface area contributed by atoms with E-state index in [1.165, 1.54) is 0 Å². The molecule has 3 saturated heterocycles. The van der Waals surface area contributed by atoms with Crippen LogP contribution in [0.2, 0.25) is 0 Å². The molecule has 3 fully saturated rings. The number of cyclic esters (lactones) is 1. The standard InChI is InChI=1S/C18H21F2N3O5/c19-13-5-11(23-8-12(28-17(23)26)7-21-16(24)25)6-14(20)15(13)22-3-1-18(2-4-22)9-27-10-18/h5-6,12,21H,1-4,7-10H2,(H,24,25)/t12-/m0/s1. The first kappa shape index (κ1) is 18.7. The molecule has 1 aromatic carbocycles. The lowest BCUT2D eigenvalue weighted by Gasteiger charge is -2.47. The van der Waals surface area contributed by atoms with Crippen molar-refractivity contribution < 1.29 is 33.0 Å². The van der Waals surface area contributed by atoms with Crippen molar-refractivity contribution in [2.24, 2.45) is 5.41 Å². The van der Waals surface area contributed by atoms with Gasteiger partial charge in [0.2, 0.25) is 0 Å². The van der Waals surface area contributed by atoms with Crippen molar-refractivity contribution in [1.82, 2.24) is 5.32 Å². The van der Waals surface area contributed by atoms with Crippen molar-refractivity contribution in [3.05, 3.63) is 23.8 Å². The molecular weight excluding hydrogens is 376 g/mol. The molecule has 2 amide bonds. The number of carbonyl (C=O) groups excluding carboxylic acids is 1. The molecule has 1 atom stereocenters. The quantitative estimate of drug-likeness (QED) is 0.809. The number of nitrogens with zero attached hydrogens (tertiary/aromatic N) is 2. The maximum absolute atomic E-state index is 14.7. The number of carbonyl (C=O) groups is 2. The number of carboxylic acid groups (broad SMARTS) is 1. The minimum atomic E-state index is -1.24. The van der Waals surface area contributed by atoms with Crippen molar-refractivity contribution in [1.29, 1.82) is 0 Å². The van der Waals surface area contributed by atoms with Crippen molar-refractivity contribution in [2.75, 3.05) is 49.2 Å². The SMILES string of the molecule is O=C(O)NC[C@H]1CN(c2cc(F)c(N3CCC4(CC3)COC4)c(F)c2)C(=O)O1. The molecule has 0 aromatic heterocycles. The van der Waals surface area contributed by atoms with E-state index in [1.807, 2.05) is 0 Å². The van der Waals surface area contributed by atoms with E-state index in [0.29, 0.717) is 26.3 Å². The van der Waals surface area contributed by atoms with Crippen molar-refractivity contribution in [3.63, 3.8) is 0 Å². The summed E-state index contributed by atoms with van der Waals surface area (Å²) in [4.78, 5) is 25.4. The molecule has 0 unspecified atom stereocenters. The maximum atomic E-state index is 14.7. The van der Waals surface area contributed by atoms with Crippen LogP contribution in [-0.2, 0) is 9.47 Å². The lowest BCUT2D eigenvalue weighted by molar-refractivity contribution is -0.124. The number of hydrogen-bond donors (Lipinski definition) is 2. The van der Waals surface area contributed by atoms with E-state index in [1.54, 1.807) is 4.90 Å². The summed E-state index contributed by atoms with van der Waals surface area (Å²) in [5.41, 5.74) is 0.111. The van der Waals surface area contributed by atoms with E-state index in [-0.39, 0.29) is 29.9 Å². The molecule has 0 radical (unpaired) electrons. The van der Waals surface area contributed by atoms with E-state index in [4.69, 9.17) is 14.6 Å². The third-order valence-corrected chi connectivity index (χ3v) is 5.63. The number of hydrogen-bond acceptors (Lipinski definition) is 5. The van der Waals surface area contributed by atoms with E-state index in [0.717, 1.165) is 29.9 Å². The number of rotatable bonds is 4. The Bertz CT molecular complexity index is 768. The lowest BCUT2D eigenvalue weighted by Crippen LogP contribution is -2.51. The van der Waals surface area contributed by atoms with Crippen LogP contribution in [0.25, 0.3) is 0 Å². The Labute approximate surface area is 160 Å². The second-order valence-electron chi connectivity index (χ2n) is 7.54. The first-order chi connectivity index (χ1) is 13.4. The molecule has 1 aromatic rings. The summed E-state index contributed by atoms with van der Waals surface area (Å²) in [5, 5.41) is 10.7. The average Bonchev–Trinajstić information content (AvgIpc) is 2.99. The topological polar surface area (TPSA) is 91.3 Å². The highest BCUT2D eigenvalue weighted by molar-refractivity contribution is 5.90. The number of amides is 2. The van der Waals surface area contributed by atoms with Crippen LogP contribution in [0.4, 0.5) is 29.7 Å². The van der Waals surface area contributed by atoms with E-state index in [9.17, 15) is 18.4 Å². The second kappa shape index (κ2) is 7.08. The molecule has 8 nitrogen and oxygen atoms in total. The van der Waals surface area contributed by atoms with Crippen LogP contribution in [0.15, 0.2) is 12.1 Å². The minimum absolute atomic E-state index is 0.00355. The fourth-order valence-electron chi connectivity index (χ4n) is 3.93. The summed E-state index contributed by atoms with van der Waals surface area (Å²) in [6, 6.07) is 2.23. The van der Waals surface area contributed by atoms with Gasteiger partial charge in [-0.1, -0.05) is 0 Å². The van der Waals surface area contributed by atoms with E-state index < -0.39 is 29.9 Å². The fraction of sp³-hybridized carbons (Fsp3) is 0.556. The van der Waals surface area contributed by atoms with Crippen LogP contribution in [0.5, 0.6) is 0 Å². The molecule has 0 bridgehead atoms. The molecule has 3 aliphatic heterocycles. The Balaban J connectivity index is 1.47. The Morgan fingerprint density at radius 2 is 1.89 bits per heavy atom. The minimum Gasteiger partial charge on any atom is -0.465 e. The van der Waals surface area contributed by atoms with E-state index >= 15 is 0 Å². The van der Waals surface area contributed by atoms with Gasteiger partial charge in [-0.05, 0) is 12.8 Å².